The molecule has 2 aromatic rings. The SMILES string of the molecule is CCN(Nc1ccc(OC)cc1)C(=O)C(CC1CCCCC1)NC(=O)c1cccc(F)c1C. The summed E-state index contributed by atoms with van der Waals surface area (Å²) in [4.78, 5) is 26.6. The minimum absolute atomic E-state index is 0.207. The zero-order valence-electron chi connectivity index (χ0n) is 19.7. The standard InChI is InChI=1S/C26H34FN3O3/c1-4-30(29-20-13-15-21(33-3)16-14-20)26(32)24(17-19-9-6-5-7-10-19)28-25(31)22-11-8-12-23(27)18(22)2/h8,11-16,19,24,29H,4-7,9-10,17H2,1-3H3,(H,28,31). The lowest BCUT2D eigenvalue weighted by molar-refractivity contribution is -0.132. The number of carbonyl (C=O) groups is 2. The van der Waals surface area contributed by atoms with E-state index in [1.54, 1.807) is 20.1 Å². The van der Waals surface area contributed by atoms with E-state index >= 15 is 0 Å². The van der Waals surface area contributed by atoms with E-state index in [2.05, 4.69) is 10.7 Å². The van der Waals surface area contributed by atoms with Crippen molar-refractivity contribution in [3.05, 3.63) is 59.4 Å². The first kappa shape index (κ1) is 24.6. The van der Waals surface area contributed by atoms with Crippen LogP contribution in [-0.2, 0) is 4.79 Å². The molecule has 1 atom stereocenters. The third-order valence-corrected chi connectivity index (χ3v) is 6.35. The number of nitrogens with one attached hydrogen (secondary N) is 2. The van der Waals surface area contributed by atoms with Crippen LogP contribution in [0.5, 0.6) is 5.75 Å². The molecule has 1 saturated carbocycles. The van der Waals surface area contributed by atoms with Gasteiger partial charge in [0.15, 0.2) is 0 Å². The van der Waals surface area contributed by atoms with Gasteiger partial charge in [0, 0.05) is 12.1 Å². The van der Waals surface area contributed by atoms with Crippen molar-refractivity contribution in [2.45, 2.75) is 58.4 Å². The number of hydrogen-bond donors (Lipinski definition) is 2. The Morgan fingerprint density at radius 3 is 2.45 bits per heavy atom. The number of methoxy groups -OCH3 is 1. The summed E-state index contributed by atoms with van der Waals surface area (Å²) >= 11 is 0. The molecule has 6 nitrogen and oxygen atoms in total. The third-order valence-electron chi connectivity index (χ3n) is 6.35. The largest absolute Gasteiger partial charge is 0.497 e. The van der Waals surface area contributed by atoms with E-state index in [1.165, 1.54) is 23.6 Å². The quantitative estimate of drug-likeness (QED) is 0.517. The van der Waals surface area contributed by atoms with Gasteiger partial charge in [-0.25, -0.2) is 4.39 Å². The van der Waals surface area contributed by atoms with Crippen LogP contribution < -0.4 is 15.5 Å². The van der Waals surface area contributed by atoms with Crippen molar-refractivity contribution in [3.8, 4) is 5.75 Å². The topological polar surface area (TPSA) is 70.7 Å². The van der Waals surface area contributed by atoms with Gasteiger partial charge in [-0.05, 0) is 68.1 Å². The molecule has 33 heavy (non-hydrogen) atoms. The van der Waals surface area contributed by atoms with Crippen molar-refractivity contribution in [1.82, 2.24) is 10.3 Å². The fourth-order valence-electron chi connectivity index (χ4n) is 4.37. The second-order valence-electron chi connectivity index (χ2n) is 8.60. The molecule has 0 spiro atoms. The van der Waals surface area contributed by atoms with Gasteiger partial charge in [0.25, 0.3) is 11.8 Å². The highest BCUT2D eigenvalue weighted by atomic mass is 19.1. The Morgan fingerprint density at radius 2 is 1.82 bits per heavy atom. The number of benzene rings is 2. The molecule has 0 aliphatic heterocycles. The van der Waals surface area contributed by atoms with E-state index in [0.717, 1.165) is 37.1 Å². The molecule has 1 aliphatic carbocycles. The number of halogens is 1. The first-order valence-electron chi connectivity index (χ1n) is 11.7. The molecule has 178 valence electrons. The zero-order chi connectivity index (χ0) is 23.8. The van der Waals surface area contributed by atoms with Crippen molar-refractivity contribution < 1.29 is 18.7 Å². The summed E-state index contributed by atoms with van der Waals surface area (Å²) in [6, 6.07) is 11.0. The maximum Gasteiger partial charge on any atom is 0.263 e. The maximum absolute atomic E-state index is 14.0. The van der Waals surface area contributed by atoms with E-state index in [1.807, 2.05) is 31.2 Å². The Morgan fingerprint density at radius 1 is 1.12 bits per heavy atom. The van der Waals surface area contributed by atoms with Gasteiger partial charge in [0.1, 0.15) is 17.6 Å². The van der Waals surface area contributed by atoms with Gasteiger partial charge >= 0.3 is 0 Å². The molecule has 0 aromatic heterocycles. The van der Waals surface area contributed by atoms with Crippen LogP contribution in [0, 0.1) is 18.7 Å². The molecule has 0 saturated heterocycles. The van der Waals surface area contributed by atoms with E-state index in [-0.39, 0.29) is 17.0 Å². The lowest BCUT2D eigenvalue weighted by atomic mass is 9.84. The number of anilines is 1. The van der Waals surface area contributed by atoms with E-state index in [4.69, 9.17) is 4.74 Å². The average Bonchev–Trinajstić information content (AvgIpc) is 2.84. The summed E-state index contributed by atoms with van der Waals surface area (Å²) in [6.07, 6.45) is 6.17. The first-order valence-corrected chi connectivity index (χ1v) is 11.7. The summed E-state index contributed by atoms with van der Waals surface area (Å²) < 4.78 is 19.2. The molecule has 2 amide bonds. The van der Waals surface area contributed by atoms with Gasteiger partial charge in [-0.1, -0.05) is 38.2 Å². The molecule has 0 heterocycles. The average molecular weight is 456 g/mol. The Hall–Kier alpha value is -3.09. The normalized spacial score (nSPS) is 14.9. The Balaban J connectivity index is 1.79. The van der Waals surface area contributed by atoms with Crippen molar-refractivity contribution in [2.75, 3.05) is 19.1 Å². The predicted octanol–water partition coefficient (Wildman–Crippen LogP) is 5.09. The van der Waals surface area contributed by atoms with E-state index in [0.29, 0.717) is 18.9 Å². The van der Waals surface area contributed by atoms with E-state index in [9.17, 15) is 14.0 Å². The summed E-state index contributed by atoms with van der Waals surface area (Å²) in [5.41, 5.74) is 4.43. The second-order valence-corrected chi connectivity index (χ2v) is 8.60. The van der Waals surface area contributed by atoms with Crippen LogP contribution in [0.25, 0.3) is 0 Å². The number of ether oxygens (including phenoxy) is 1. The molecule has 0 bridgehead atoms. The van der Waals surface area contributed by atoms with Gasteiger partial charge in [0.2, 0.25) is 0 Å². The monoisotopic (exact) mass is 455 g/mol. The summed E-state index contributed by atoms with van der Waals surface area (Å²) in [5, 5.41) is 4.43. The van der Waals surface area contributed by atoms with Crippen LogP contribution in [0.1, 0.15) is 61.4 Å². The summed E-state index contributed by atoms with van der Waals surface area (Å²) in [5.74, 6) is 0.0289. The molecule has 2 aromatic carbocycles. The van der Waals surface area contributed by atoms with Gasteiger partial charge in [0.05, 0.1) is 12.8 Å². The van der Waals surface area contributed by atoms with Gasteiger partial charge < -0.3 is 10.1 Å². The van der Waals surface area contributed by atoms with Crippen LogP contribution in [-0.4, -0.2) is 36.5 Å². The molecular weight excluding hydrogens is 421 g/mol. The lowest BCUT2D eigenvalue weighted by Gasteiger charge is -2.31. The molecule has 1 fully saturated rings. The summed E-state index contributed by atoms with van der Waals surface area (Å²) in [6.45, 7) is 3.87. The Labute approximate surface area is 195 Å². The molecule has 3 rings (SSSR count). The predicted molar refractivity (Wildman–Crippen MR) is 128 cm³/mol. The van der Waals surface area contributed by atoms with Crippen molar-refractivity contribution >= 4 is 17.5 Å². The van der Waals surface area contributed by atoms with Gasteiger partial charge in [-0.3, -0.25) is 20.0 Å². The Kier molecular flexibility index (Phi) is 8.69. The number of nitrogens with zero attached hydrogens (tertiary/aromatic N) is 1. The molecule has 1 unspecified atom stereocenters. The van der Waals surface area contributed by atoms with Crippen LogP contribution in [0.15, 0.2) is 42.5 Å². The van der Waals surface area contributed by atoms with Crippen LogP contribution >= 0.6 is 0 Å². The highest BCUT2D eigenvalue weighted by molar-refractivity contribution is 5.98. The highest BCUT2D eigenvalue weighted by Crippen LogP contribution is 2.28. The van der Waals surface area contributed by atoms with Gasteiger partial charge in [-0.15, -0.1) is 0 Å². The minimum Gasteiger partial charge on any atom is -0.497 e. The number of rotatable bonds is 9. The number of hydrazine groups is 1. The highest BCUT2D eigenvalue weighted by Gasteiger charge is 2.30. The van der Waals surface area contributed by atoms with E-state index < -0.39 is 17.8 Å². The third kappa shape index (κ3) is 6.46. The Bertz CT molecular complexity index is 942. The van der Waals surface area contributed by atoms with Crippen molar-refractivity contribution in [2.24, 2.45) is 5.92 Å². The fourth-order valence-corrected chi connectivity index (χ4v) is 4.37. The zero-order valence-corrected chi connectivity index (χ0v) is 19.7. The number of likely N-dealkylation sites (N-methyl/N-ethyl adjacent to an activating group) is 1. The first-order chi connectivity index (χ1) is 15.9. The molecule has 1 aliphatic rings. The molecule has 7 heteroatoms. The second kappa shape index (κ2) is 11.7. The van der Waals surface area contributed by atoms with Crippen LogP contribution in [0.4, 0.5) is 10.1 Å². The minimum atomic E-state index is -0.700. The lowest BCUT2D eigenvalue weighted by Crippen LogP contribution is -2.51. The molecular formula is C26H34FN3O3. The van der Waals surface area contributed by atoms with Crippen LogP contribution in [0.3, 0.4) is 0 Å². The van der Waals surface area contributed by atoms with Crippen molar-refractivity contribution in [1.29, 1.82) is 0 Å². The molecule has 0 radical (unpaired) electrons. The summed E-state index contributed by atoms with van der Waals surface area (Å²) in [7, 11) is 1.60. The fraction of sp³-hybridized carbons (Fsp3) is 0.462. The molecule has 2 N–H and O–H groups in total. The van der Waals surface area contributed by atoms with Crippen LogP contribution in [0.2, 0.25) is 0 Å². The van der Waals surface area contributed by atoms with Crippen molar-refractivity contribution in [3.63, 3.8) is 0 Å². The number of amides is 2. The van der Waals surface area contributed by atoms with Gasteiger partial charge in [-0.2, -0.15) is 0 Å². The number of carbonyl (C=O) groups excluding carboxylic acids is 2. The number of hydrogen-bond acceptors (Lipinski definition) is 4. The smallest absolute Gasteiger partial charge is 0.263 e. The maximum atomic E-state index is 14.0.